The minimum atomic E-state index is -3.78. The van der Waals surface area contributed by atoms with E-state index in [1.165, 1.54) is 4.31 Å². The molecule has 25 heavy (non-hydrogen) atoms. The van der Waals surface area contributed by atoms with E-state index in [1.54, 1.807) is 36.4 Å². The fourth-order valence-electron chi connectivity index (χ4n) is 2.35. The second-order valence-electron chi connectivity index (χ2n) is 5.48. The second kappa shape index (κ2) is 8.52. The Morgan fingerprint density at radius 2 is 1.84 bits per heavy atom. The minimum absolute atomic E-state index is 0.240. The molecule has 0 N–H and O–H groups in total. The maximum Gasteiger partial charge on any atom is 0.268 e. The number of halogens is 1. The lowest BCUT2D eigenvalue weighted by Gasteiger charge is -2.26. The Morgan fingerprint density at radius 1 is 1.20 bits per heavy atom. The summed E-state index contributed by atoms with van der Waals surface area (Å²) in [6.45, 7) is 9.35. The molecule has 0 amide bonds. The second-order valence-corrected chi connectivity index (χ2v) is 8.43. The first kappa shape index (κ1) is 19.5. The van der Waals surface area contributed by atoms with Crippen molar-refractivity contribution in [2.75, 3.05) is 4.31 Å². The highest BCUT2D eigenvalue weighted by Crippen LogP contribution is 2.33. The molecule has 2 aromatic rings. The molecule has 0 aliphatic rings. The number of rotatable bonds is 7. The highest BCUT2D eigenvalue weighted by Gasteiger charge is 2.29. The lowest BCUT2D eigenvalue weighted by atomic mass is 10.2. The van der Waals surface area contributed by atoms with E-state index in [0.29, 0.717) is 24.2 Å². The SMILES string of the molecule is C=C=C(CCC=C)N(c1ccccc1I)S(=O)(=O)c1ccc(C)cc1. The zero-order valence-electron chi connectivity index (χ0n) is 14.1. The minimum Gasteiger partial charge on any atom is -0.230 e. The van der Waals surface area contributed by atoms with E-state index >= 15 is 0 Å². The van der Waals surface area contributed by atoms with Crippen LogP contribution in [0.1, 0.15) is 18.4 Å². The zero-order chi connectivity index (χ0) is 18.4. The number of aryl methyl sites for hydroxylation is 1. The third-order valence-corrected chi connectivity index (χ3v) is 6.34. The third-order valence-electron chi connectivity index (χ3n) is 3.66. The van der Waals surface area contributed by atoms with Crippen molar-refractivity contribution in [1.29, 1.82) is 0 Å². The van der Waals surface area contributed by atoms with Gasteiger partial charge in [0.1, 0.15) is 0 Å². The number of hydrogen-bond acceptors (Lipinski definition) is 2. The first-order chi connectivity index (χ1) is 11.9. The van der Waals surface area contributed by atoms with E-state index in [4.69, 9.17) is 0 Å². The predicted octanol–water partition coefficient (Wildman–Crippen LogP) is 5.43. The maximum absolute atomic E-state index is 13.4. The number of nitrogens with zero attached hydrogens (tertiary/aromatic N) is 1. The number of anilines is 1. The van der Waals surface area contributed by atoms with Gasteiger partial charge < -0.3 is 0 Å². The van der Waals surface area contributed by atoms with Gasteiger partial charge in [0.2, 0.25) is 0 Å². The van der Waals surface area contributed by atoms with Gasteiger partial charge in [0.05, 0.1) is 16.3 Å². The largest absolute Gasteiger partial charge is 0.268 e. The van der Waals surface area contributed by atoms with Crippen LogP contribution in [-0.2, 0) is 10.0 Å². The molecule has 0 aliphatic carbocycles. The summed E-state index contributed by atoms with van der Waals surface area (Å²) in [5.41, 5.74) is 4.92. The van der Waals surface area contributed by atoms with Gasteiger partial charge in [-0.15, -0.1) is 12.3 Å². The van der Waals surface area contributed by atoms with Crippen LogP contribution in [0.25, 0.3) is 0 Å². The highest BCUT2D eigenvalue weighted by atomic mass is 127. The number of sulfonamides is 1. The number of hydrogen-bond donors (Lipinski definition) is 0. The quantitative estimate of drug-likeness (QED) is 0.311. The molecule has 0 spiro atoms. The number of benzene rings is 2. The lowest BCUT2D eigenvalue weighted by molar-refractivity contribution is 0.593. The fraction of sp³-hybridized carbons (Fsp3) is 0.150. The van der Waals surface area contributed by atoms with Crippen LogP contribution in [-0.4, -0.2) is 8.42 Å². The van der Waals surface area contributed by atoms with Crippen LogP contribution in [0.15, 0.2) is 84.1 Å². The smallest absolute Gasteiger partial charge is 0.230 e. The summed E-state index contributed by atoms with van der Waals surface area (Å²) >= 11 is 2.14. The van der Waals surface area contributed by atoms with Gasteiger partial charge in [0, 0.05) is 3.57 Å². The molecule has 0 aliphatic heterocycles. The van der Waals surface area contributed by atoms with Gasteiger partial charge in [-0.1, -0.05) is 42.5 Å². The summed E-state index contributed by atoms with van der Waals surface area (Å²) in [6.07, 6.45) is 2.88. The molecule has 0 bridgehead atoms. The summed E-state index contributed by atoms with van der Waals surface area (Å²) in [6, 6.07) is 14.2. The van der Waals surface area contributed by atoms with Gasteiger partial charge in [0.15, 0.2) is 0 Å². The van der Waals surface area contributed by atoms with Crippen molar-refractivity contribution >= 4 is 38.3 Å². The molecule has 130 valence electrons. The van der Waals surface area contributed by atoms with Crippen molar-refractivity contribution in [3.05, 3.63) is 88.3 Å². The summed E-state index contributed by atoms with van der Waals surface area (Å²) in [5.74, 6) is 0. The van der Waals surface area contributed by atoms with Crippen molar-refractivity contribution in [3.8, 4) is 0 Å². The summed E-state index contributed by atoms with van der Waals surface area (Å²) in [4.78, 5) is 0.240. The van der Waals surface area contributed by atoms with E-state index in [1.807, 2.05) is 25.1 Å². The van der Waals surface area contributed by atoms with Crippen LogP contribution in [0, 0.1) is 10.5 Å². The Labute approximate surface area is 163 Å². The lowest BCUT2D eigenvalue weighted by Crippen LogP contribution is -2.31. The molecule has 0 saturated heterocycles. The van der Waals surface area contributed by atoms with Crippen LogP contribution >= 0.6 is 22.6 Å². The molecular weight excluding hydrogens is 445 g/mol. The zero-order valence-corrected chi connectivity index (χ0v) is 17.0. The van der Waals surface area contributed by atoms with E-state index in [0.717, 1.165) is 9.13 Å². The van der Waals surface area contributed by atoms with Crippen molar-refractivity contribution in [3.63, 3.8) is 0 Å². The monoisotopic (exact) mass is 465 g/mol. The topological polar surface area (TPSA) is 37.4 Å². The van der Waals surface area contributed by atoms with Gasteiger partial charge in [-0.25, -0.2) is 12.7 Å². The summed E-state index contributed by atoms with van der Waals surface area (Å²) in [5, 5.41) is 0. The van der Waals surface area contributed by atoms with Crippen molar-refractivity contribution < 1.29 is 8.42 Å². The maximum atomic E-state index is 13.4. The Hall–Kier alpha value is -1.82. The van der Waals surface area contributed by atoms with Gasteiger partial charge in [-0.2, -0.15) is 0 Å². The standard InChI is InChI=1S/C20H20INO2S/c1-4-6-9-17(5-2)22(20-11-8-7-10-19(20)21)25(23,24)18-14-12-16(3)13-15-18/h4,7-8,10-15H,1-2,6,9H2,3H3. The number of para-hydroxylation sites is 1. The van der Waals surface area contributed by atoms with Crippen LogP contribution in [0.2, 0.25) is 0 Å². The van der Waals surface area contributed by atoms with Gasteiger partial charge in [-0.05, 0) is 66.6 Å². The Morgan fingerprint density at radius 3 is 2.40 bits per heavy atom. The molecule has 3 nitrogen and oxygen atoms in total. The van der Waals surface area contributed by atoms with E-state index in [2.05, 4.69) is 41.5 Å². The van der Waals surface area contributed by atoms with Crippen LogP contribution in [0.4, 0.5) is 5.69 Å². The molecule has 0 radical (unpaired) electrons. The van der Waals surface area contributed by atoms with Gasteiger partial charge in [-0.3, -0.25) is 0 Å². The van der Waals surface area contributed by atoms with E-state index < -0.39 is 10.0 Å². The molecule has 2 rings (SSSR count). The molecule has 0 atom stereocenters. The van der Waals surface area contributed by atoms with Crippen molar-refractivity contribution in [2.45, 2.75) is 24.7 Å². The predicted molar refractivity (Wildman–Crippen MR) is 112 cm³/mol. The normalized spacial score (nSPS) is 10.8. The molecule has 5 heteroatoms. The van der Waals surface area contributed by atoms with Crippen molar-refractivity contribution in [1.82, 2.24) is 0 Å². The Balaban J connectivity index is 2.66. The van der Waals surface area contributed by atoms with Gasteiger partial charge in [0.25, 0.3) is 10.0 Å². The molecule has 0 fully saturated rings. The molecule has 0 heterocycles. The van der Waals surface area contributed by atoms with E-state index in [9.17, 15) is 8.42 Å². The molecule has 2 aromatic carbocycles. The van der Waals surface area contributed by atoms with Crippen LogP contribution in [0.3, 0.4) is 0 Å². The molecular formula is C20H20INO2S. The molecule has 0 aromatic heterocycles. The van der Waals surface area contributed by atoms with Crippen LogP contribution in [0.5, 0.6) is 0 Å². The fourth-order valence-corrected chi connectivity index (χ4v) is 4.70. The van der Waals surface area contributed by atoms with E-state index in [-0.39, 0.29) is 4.90 Å². The van der Waals surface area contributed by atoms with Crippen LogP contribution < -0.4 is 4.31 Å². The average molecular weight is 465 g/mol. The summed E-state index contributed by atoms with van der Waals surface area (Å²) in [7, 11) is -3.78. The molecule has 0 unspecified atom stereocenters. The Kier molecular flexibility index (Phi) is 6.64. The number of allylic oxidation sites excluding steroid dienone is 2. The Bertz CT molecular complexity index is 911. The third kappa shape index (κ3) is 4.42. The average Bonchev–Trinajstić information content (AvgIpc) is 2.60. The summed E-state index contributed by atoms with van der Waals surface area (Å²) < 4.78 is 28.9. The first-order valence-corrected chi connectivity index (χ1v) is 10.3. The molecule has 0 saturated carbocycles. The van der Waals surface area contributed by atoms with Gasteiger partial charge >= 0.3 is 0 Å². The van der Waals surface area contributed by atoms with Crippen molar-refractivity contribution in [2.24, 2.45) is 0 Å². The highest BCUT2D eigenvalue weighted by molar-refractivity contribution is 14.1. The first-order valence-electron chi connectivity index (χ1n) is 7.78.